The summed E-state index contributed by atoms with van der Waals surface area (Å²) < 4.78 is 5.79. The van der Waals surface area contributed by atoms with E-state index in [4.69, 9.17) is 4.74 Å². The van der Waals surface area contributed by atoms with E-state index >= 15 is 0 Å². The van der Waals surface area contributed by atoms with Crippen LogP contribution in [0.25, 0.3) is 0 Å². The van der Waals surface area contributed by atoms with Gasteiger partial charge in [0, 0.05) is 38.7 Å². The molecule has 3 heterocycles. The van der Waals surface area contributed by atoms with Gasteiger partial charge in [-0.05, 0) is 23.6 Å². The molecule has 0 saturated carbocycles. The van der Waals surface area contributed by atoms with Crippen molar-refractivity contribution in [1.82, 2.24) is 20.0 Å². The molecule has 1 aromatic carbocycles. The van der Waals surface area contributed by atoms with Gasteiger partial charge >= 0.3 is 6.09 Å². The summed E-state index contributed by atoms with van der Waals surface area (Å²) in [4.78, 5) is 28.6. The molecule has 1 spiro atoms. The van der Waals surface area contributed by atoms with Crippen molar-refractivity contribution < 1.29 is 14.3 Å². The molecule has 1 unspecified atom stereocenters. The van der Waals surface area contributed by atoms with Gasteiger partial charge in [-0.3, -0.25) is 4.79 Å². The summed E-state index contributed by atoms with van der Waals surface area (Å²) in [6.45, 7) is 4.42. The van der Waals surface area contributed by atoms with E-state index in [1.807, 2.05) is 18.2 Å². The van der Waals surface area contributed by atoms with Crippen molar-refractivity contribution in [2.75, 3.05) is 26.2 Å². The average molecular weight is 380 g/mol. The fraction of sp³-hybridized carbons (Fsp3) is 0.429. The fourth-order valence-corrected chi connectivity index (χ4v) is 4.01. The van der Waals surface area contributed by atoms with Gasteiger partial charge in [-0.2, -0.15) is 5.10 Å². The fourth-order valence-electron chi connectivity index (χ4n) is 4.01. The lowest BCUT2D eigenvalue weighted by Crippen LogP contribution is -2.49. The molecule has 0 N–H and O–H groups in total. The van der Waals surface area contributed by atoms with Crippen LogP contribution < -0.4 is 0 Å². The molecule has 7 nitrogen and oxygen atoms in total. The quantitative estimate of drug-likeness (QED) is 0.815. The van der Waals surface area contributed by atoms with E-state index in [0.717, 1.165) is 0 Å². The standard InChI is InChI=1S/C21H24N4O3/c1-16(17-6-3-2-4-7-17)14-25-15-21(28-20(25)27)9-12-24(13-10-21)19(26)18-8-5-11-22-23-18/h2-8,11,16H,9-10,12-15H2,1H3. The van der Waals surface area contributed by atoms with Gasteiger partial charge in [-0.1, -0.05) is 37.3 Å². The number of carbonyl (C=O) groups is 2. The molecule has 2 aliphatic rings. The van der Waals surface area contributed by atoms with E-state index < -0.39 is 5.60 Å². The Balaban J connectivity index is 1.36. The number of amides is 2. The van der Waals surface area contributed by atoms with Crippen LogP contribution in [0.5, 0.6) is 0 Å². The van der Waals surface area contributed by atoms with Crippen LogP contribution in [0.15, 0.2) is 48.7 Å². The molecular weight excluding hydrogens is 356 g/mol. The summed E-state index contributed by atoms with van der Waals surface area (Å²) >= 11 is 0. The van der Waals surface area contributed by atoms with Gasteiger partial charge < -0.3 is 14.5 Å². The van der Waals surface area contributed by atoms with E-state index in [9.17, 15) is 9.59 Å². The molecule has 2 saturated heterocycles. The third-order valence-corrected chi connectivity index (χ3v) is 5.66. The van der Waals surface area contributed by atoms with Gasteiger partial charge in [0.2, 0.25) is 0 Å². The van der Waals surface area contributed by atoms with Crippen molar-refractivity contribution in [3.05, 3.63) is 59.9 Å². The molecule has 1 atom stereocenters. The van der Waals surface area contributed by atoms with Crippen LogP contribution in [0, 0.1) is 0 Å². The number of hydrogen-bond donors (Lipinski definition) is 0. The Hall–Kier alpha value is -2.96. The maximum Gasteiger partial charge on any atom is 0.410 e. The number of piperidine rings is 1. The number of likely N-dealkylation sites (tertiary alicyclic amines) is 1. The molecule has 2 amide bonds. The number of aromatic nitrogens is 2. The number of hydrogen-bond acceptors (Lipinski definition) is 5. The van der Waals surface area contributed by atoms with Crippen molar-refractivity contribution in [2.45, 2.75) is 31.3 Å². The molecule has 0 bridgehead atoms. The maximum atomic E-state index is 12.5. The maximum absolute atomic E-state index is 12.5. The highest BCUT2D eigenvalue weighted by molar-refractivity contribution is 5.92. The second-order valence-electron chi connectivity index (χ2n) is 7.64. The normalized spacial score (nSPS) is 19.5. The number of nitrogens with zero attached hydrogens (tertiary/aromatic N) is 4. The van der Waals surface area contributed by atoms with Crippen LogP contribution in [0.4, 0.5) is 4.79 Å². The lowest BCUT2D eigenvalue weighted by molar-refractivity contribution is 0.00293. The van der Waals surface area contributed by atoms with Crippen LogP contribution in [0.2, 0.25) is 0 Å². The summed E-state index contributed by atoms with van der Waals surface area (Å²) in [5.41, 5.74) is 1.06. The first-order chi connectivity index (χ1) is 13.6. The molecule has 0 aliphatic carbocycles. The van der Waals surface area contributed by atoms with Gasteiger partial charge in [-0.15, -0.1) is 5.10 Å². The van der Waals surface area contributed by atoms with E-state index in [1.54, 1.807) is 28.1 Å². The summed E-state index contributed by atoms with van der Waals surface area (Å²) in [5.74, 6) is 0.115. The molecule has 146 valence electrons. The smallest absolute Gasteiger partial charge is 0.410 e. The Morgan fingerprint density at radius 2 is 1.93 bits per heavy atom. The van der Waals surface area contributed by atoms with E-state index in [2.05, 4.69) is 29.3 Å². The van der Waals surface area contributed by atoms with Crippen molar-refractivity contribution in [1.29, 1.82) is 0 Å². The minimum atomic E-state index is -0.493. The lowest BCUT2D eigenvalue weighted by atomic mass is 9.90. The third kappa shape index (κ3) is 3.69. The predicted octanol–water partition coefficient (Wildman–Crippen LogP) is 2.71. The number of ether oxygens (including phenoxy) is 1. The van der Waals surface area contributed by atoms with Crippen LogP contribution in [0.3, 0.4) is 0 Å². The molecule has 4 rings (SSSR count). The highest BCUT2D eigenvalue weighted by atomic mass is 16.6. The number of rotatable bonds is 4. The Labute approximate surface area is 164 Å². The minimum absolute atomic E-state index is 0.123. The topological polar surface area (TPSA) is 75.6 Å². The zero-order valence-corrected chi connectivity index (χ0v) is 16.0. The van der Waals surface area contributed by atoms with Gasteiger partial charge in [0.1, 0.15) is 5.60 Å². The molecule has 2 aromatic rings. The van der Waals surface area contributed by atoms with Crippen molar-refractivity contribution in [3.63, 3.8) is 0 Å². The summed E-state index contributed by atoms with van der Waals surface area (Å²) in [5, 5.41) is 7.66. The number of carbonyl (C=O) groups excluding carboxylic acids is 2. The van der Waals surface area contributed by atoms with Crippen molar-refractivity contribution in [2.24, 2.45) is 0 Å². The molecular formula is C21H24N4O3. The van der Waals surface area contributed by atoms with E-state index in [1.165, 1.54) is 5.56 Å². The summed E-state index contributed by atoms with van der Waals surface area (Å²) in [6.07, 6.45) is 2.57. The zero-order chi connectivity index (χ0) is 19.6. The first-order valence-electron chi connectivity index (χ1n) is 9.66. The molecule has 28 heavy (non-hydrogen) atoms. The highest BCUT2D eigenvalue weighted by Crippen LogP contribution is 2.34. The summed E-state index contributed by atoms with van der Waals surface area (Å²) in [7, 11) is 0. The largest absolute Gasteiger partial charge is 0.441 e. The molecule has 0 radical (unpaired) electrons. The SMILES string of the molecule is CC(CN1CC2(CCN(C(=O)c3cccnn3)CC2)OC1=O)c1ccccc1. The van der Waals surface area contributed by atoms with Crippen LogP contribution in [0.1, 0.15) is 41.7 Å². The van der Waals surface area contributed by atoms with Crippen LogP contribution in [-0.4, -0.2) is 63.8 Å². The van der Waals surface area contributed by atoms with E-state index in [-0.39, 0.29) is 17.9 Å². The Morgan fingerprint density at radius 3 is 2.61 bits per heavy atom. The second-order valence-corrected chi connectivity index (χ2v) is 7.64. The van der Waals surface area contributed by atoms with Gasteiger partial charge in [-0.25, -0.2) is 4.79 Å². The van der Waals surface area contributed by atoms with E-state index in [0.29, 0.717) is 44.7 Å². The monoisotopic (exact) mass is 380 g/mol. The first kappa shape index (κ1) is 18.4. The highest BCUT2D eigenvalue weighted by Gasteiger charge is 2.47. The third-order valence-electron chi connectivity index (χ3n) is 5.66. The van der Waals surface area contributed by atoms with Crippen LogP contribution in [-0.2, 0) is 4.74 Å². The molecule has 2 aliphatic heterocycles. The molecule has 1 aromatic heterocycles. The van der Waals surface area contributed by atoms with Crippen molar-refractivity contribution in [3.8, 4) is 0 Å². The molecule has 7 heteroatoms. The predicted molar refractivity (Wildman–Crippen MR) is 103 cm³/mol. The molecule has 2 fully saturated rings. The van der Waals surface area contributed by atoms with Crippen molar-refractivity contribution >= 4 is 12.0 Å². The van der Waals surface area contributed by atoms with Crippen LogP contribution >= 0.6 is 0 Å². The van der Waals surface area contributed by atoms with Gasteiger partial charge in [0.05, 0.1) is 6.54 Å². The average Bonchev–Trinajstić information content (AvgIpc) is 3.03. The number of benzene rings is 1. The second kappa shape index (κ2) is 7.58. The van der Waals surface area contributed by atoms with Gasteiger partial charge in [0.25, 0.3) is 5.91 Å². The lowest BCUT2D eigenvalue weighted by Gasteiger charge is -2.37. The Bertz CT molecular complexity index is 835. The Kier molecular flexibility index (Phi) is 4.98. The Morgan fingerprint density at radius 1 is 1.18 bits per heavy atom. The first-order valence-corrected chi connectivity index (χ1v) is 9.66. The minimum Gasteiger partial charge on any atom is -0.441 e. The zero-order valence-electron chi connectivity index (χ0n) is 16.0. The van der Waals surface area contributed by atoms with Gasteiger partial charge in [0.15, 0.2) is 5.69 Å². The summed E-state index contributed by atoms with van der Waals surface area (Å²) in [6, 6.07) is 13.6.